The Bertz CT molecular complexity index is 1300. The van der Waals surface area contributed by atoms with Crippen LogP contribution >= 0.6 is 0 Å². The highest BCUT2D eigenvalue weighted by molar-refractivity contribution is 7.90. The fraction of sp³-hybridized carbons (Fsp3) is 0.333. The Balaban J connectivity index is 1.30. The van der Waals surface area contributed by atoms with Gasteiger partial charge >= 0.3 is 0 Å². The molecular weight excluding hydrogens is 498 g/mol. The minimum atomic E-state index is -3.28. The van der Waals surface area contributed by atoms with Crippen molar-refractivity contribution in [3.8, 4) is 0 Å². The van der Waals surface area contributed by atoms with Gasteiger partial charge in [-0.05, 0) is 61.3 Å². The Hall–Kier alpha value is -3.49. The van der Waals surface area contributed by atoms with E-state index < -0.39 is 9.84 Å². The summed E-state index contributed by atoms with van der Waals surface area (Å²) in [7, 11) is -3.28. The fourth-order valence-electron chi connectivity index (χ4n) is 4.72. The molecule has 38 heavy (non-hydrogen) atoms. The molecule has 3 aromatic rings. The number of sulfone groups is 1. The van der Waals surface area contributed by atoms with E-state index in [-0.39, 0.29) is 29.0 Å². The van der Waals surface area contributed by atoms with Crippen LogP contribution in [0, 0.1) is 5.92 Å². The van der Waals surface area contributed by atoms with Crippen molar-refractivity contribution in [2.75, 3.05) is 37.3 Å². The topological polar surface area (TPSA) is 86.8 Å². The molecule has 0 unspecified atom stereocenters. The molecule has 1 saturated heterocycles. The minimum absolute atomic E-state index is 0.0109. The van der Waals surface area contributed by atoms with Crippen LogP contribution in [0.1, 0.15) is 24.0 Å². The Morgan fingerprint density at radius 3 is 2.08 bits per heavy atom. The summed E-state index contributed by atoms with van der Waals surface area (Å²) >= 11 is 0. The highest BCUT2D eigenvalue weighted by atomic mass is 32.2. The van der Waals surface area contributed by atoms with Crippen molar-refractivity contribution in [3.63, 3.8) is 0 Å². The second-order valence-electron chi connectivity index (χ2n) is 9.79. The van der Waals surface area contributed by atoms with Gasteiger partial charge in [-0.2, -0.15) is 0 Å². The molecule has 3 aromatic carbocycles. The number of hydrogen-bond donors (Lipinski definition) is 1. The van der Waals surface area contributed by atoms with Crippen molar-refractivity contribution in [1.29, 1.82) is 0 Å². The van der Waals surface area contributed by atoms with Crippen LogP contribution < -0.4 is 10.2 Å². The summed E-state index contributed by atoms with van der Waals surface area (Å²) < 4.78 is 23.5. The lowest BCUT2D eigenvalue weighted by molar-refractivity contribution is -0.126. The zero-order valence-electron chi connectivity index (χ0n) is 21.8. The van der Waals surface area contributed by atoms with Crippen molar-refractivity contribution in [1.82, 2.24) is 10.2 Å². The summed E-state index contributed by atoms with van der Waals surface area (Å²) in [6, 6.07) is 26.0. The Labute approximate surface area is 225 Å². The van der Waals surface area contributed by atoms with Gasteiger partial charge in [0.15, 0.2) is 9.84 Å². The van der Waals surface area contributed by atoms with E-state index >= 15 is 0 Å². The van der Waals surface area contributed by atoms with E-state index in [1.165, 1.54) is 6.26 Å². The van der Waals surface area contributed by atoms with Gasteiger partial charge in [-0.1, -0.05) is 60.7 Å². The van der Waals surface area contributed by atoms with E-state index in [4.69, 9.17) is 0 Å². The lowest BCUT2D eigenvalue weighted by Gasteiger charge is -2.33. The lowest BCUT2D eigenvalue weighted by atomic mass is 9.96. The van der Waals surface area contributed by atoms with Gasteiger partial charge in [-0.3, -0.25) is 9.59 Å². The normalized spacial score (nSPS) is 14.7. The number of rotatable bonds is 10. The smallest absolute Gasteiger partial charge is 0.231 e. The highest BCUT2D eigenvalue weighted by Gasteiger charge is 2.26. The van der Waals surface area contributed by atoms with E-state index in [0.717, 1.165) is 42.7 Å². The van der Waals surface area contributed by atoms with E-state index in [2.05, 4.69) is 10.2 Å². The molecular formula is C30H35N3O4S. The number of para-hydroxylation sites is 1. The molecule has 8 heteroatoms. The van der Waals surface area contributed by atoms with Crippen LogP contribution in [0.2, 0.25) is 0 Å². The first-order chi connectivity index (χ1) is 18.3. The molecule has 2 amide bonds. The van der Waals surface area contributed by atoms with E-state index in [1.807, 2.05) is 60.7 Å². The van der Waals surface area contributed by atoms with Crippen molar-refractivity contribution < 1.29 is 18.0 Å². The second kappa shape index (κ2) is 12.8. The van der Waals surface area contributed by atoms with Crippen LogP contribution in [0.5, 0.6) is 0 Å². The number of likely N-dealkylation sites (tertiary alicyclic amines) is 1. The largest absolute Gasteiger partial charge is 0.352 e. The average molecular weight is 534 g/mol. The van der Waals surface area contributed by atoms with Crippen LogP contribution in [0.4, 0.5) is 5.69 Å². The number of nitrogens with one attached hydrogen (secondary N) is 1. The first-order valence-electron chi connectivity index (χ1n) is 13.0. The van der Waals surface area contributed by atoms with Crippen molar-refractivity contribution in [3.05, 3.63) is 96.1 Å². The monoisotopic (exact) mass is 533 g/mol. The molecule has 7 nitrogen and oxygen atoms in total. The molecule has 1 heterocycles. The maximum atomic E-state index is 13.3. The van der Waals surface area contributed by atoms with Gasteiger partial charge in [0.1, 0.15) is 0 Å². The van der Waals surface area contributed by atoms with Gasteiger partial charge in [0.25, 0.3) is 0 Å². The molecule has 200 valence electrons. The van der Waals surface area contributed by atoms with Gasteiger partial charge in [0.2, 0.25) is 11.8 Å². The maximum absolute atomic E-state index is 13.3. The third-order valence-electron chi connectivity index (χ3n) is 6.98. The second-order valence-corrected chi connectivity index (χ2v) is 11.8. The molecule has 1 N–H and O–H groups in total. The molecule has 1 aliphatic heterocycles. The molecule has 0 aliphatic carbocycles. The van der Waals surface area contributed by atoms with Gasteiger partial charge in [-0.15, -0.1) is 0 Å². The molecule has 1 aliphatic rings. The maximum Gasteiger partial charge on any atom is 0.231 e. The lowest BCUT2D eigenvalue weighted by Crippen LogP contribution is -2.44. The fourth-order valence-corrected chi connectivity index (χ4v) is 5.35. The predicted molar refractivity (Wildman–Crippen MR) is 150 cm³/mol. The third-order valence-corrected chi connectivity index (χ3v) is 8.11. The van der Waals surface area contributed by atoms with E-state index in [0.29, 0.717) is 19.6 Å². The van der Waals surface area contributed by atoms with Crippen LogP contribution in [-0.4, -0.2) is 57.6 Å². The van der Waals surface area contributed by atoms with Crippen LogP contribution in [0.25, 0.3) is 0 Å². The zero-order chi connectivity index (χ0) is 27.0. The molecule has 1 fully saturated rings. The van der Waals surface area contributed by atoms with E-state index in [1.54, 1.807) is 29.2 Å². The Morgan fingerprint density at radius 2 is 1.47 bits per heavy atom. The summed E-state index contributed by atoms with van der Waals surface area (Å²) in [4.78, 5) is 30.3. The van der Waals surface area contributed by atoms with Crippen molar-refractivity contribution in [2.45, 2.75) is 30.7 Å². The molecule has 0 bridgehead atoms. The number of hydrogen-bond acceptors (Lipinski definition) is 5. The predicted octanol–water partition coefficient (Wildman–Crippen LogP) is 3.69. The minimum Gasteiger partial charge on any atom is -0.352 e. The number of benzene rings is 3. The summed E-state index contributed by atoms with van der Waals surface area (Å²) in [5.41, 5.74) is 2.70. The quantitative estimate of drug-likeness (QED) is 0.430. The third kappa shape index (κ3) is 7.76. The standard InChI is InChI=1S/C30H35N3O4S/c1-38(36,37)28-14-12-24(13-15-28)22-29(34)33(27-10-6-3-7-11-27)21-20-32-18-16-26(17-19-32)30(35)31-23-25-8-4-2-5-9-25/h2-15,26H,16-23H2,1H3,(H,31,35). The van der Waals surface area contributed by atoms with Crippen LogP contribution in [0.15, 0.2) is 89.8 Å². The van der Waals surface area contributed by atoms with Gasteiger partial charge < -0.3 is 15.1 Å². The summed E-state index contributed by atoms with van der Waals surface area (Å²) in [6.45, 7) is 3.42. The van der Waals surface area contributed by atoms with E-state index in [9.17, 15) is 18.0 Å². The van der Waals surface area contributed by atoms with Crippen LogP contribution in [-0.2, 0) is 32.4 Å². The highest BCUT2D eigenvalue weighted by Crippen LogP contribution is 2.20. The number of amides is 2. The summed E-state index contributed by atoms with van der Waals surface area (Å²) in [5.74, 6) is 0.0756. The summed E-state index contributed by atoms with van der Waals surface area (Å²) in [6.07, 6.45) is 2.95. The average Bonchev–Trinajstić information content (AvgIpc) is 2.93. The summed E-state index contributed by atoms with van der Waals surface area (Å²) in [5, 5.41) is 3.06. The first-order valence-corrected chi connectivity index (χ1v) is 14.9. The Kier molecular flexibility index (Phi) is 9.31. The van der Waals surface area contributed by atoms with Gasteiger partial charge in [0, 0.05) is 37.5 Å². The number of piperidine rings is 1. The molecule has 0 radical (unpaired) electrons. The van der Waals surface area contributed by atoms with Gasteiger partial charge in [-0.25, -0.2) is 8.42 Å². The SMILES string of the molecule is CS(=O)(=O)c1ccc(CC(=O)N(CCN2CCC(C(=O)NCc3ccccc3)CC2)c2ccccc2)cc1. The number of carbonyl (C=O) groups excluding carboxylic acids is 2. The molecule has 0 saturated carbocycles. The van der Waals surface area contributed by atoms with Gasteiger partial charge in [0.05, 0.1) is 11.3 Å². The molecule has 0 aromatic heterocycles. The number of nitrogens with zero attached hydrogens (tertiary/aromatic N) is 2. The molecule has 0 spiro atoms. The number of carbonyl (C=O) groups is 2. The molecule has 4 rings (SSSR count). The van der Waals surface area contributed by atoms with Crippen LogP contribution in [0.3, 0.4) is 0 Å². The Morgan fingerprint density at radius 1 is 0.868 bits per heavy atom. The molecule has 0 atom stereocenters. The first kappa shape index (κ1) is 27.5. The van der Waals surface area contributed by atoms with Crippen molar-refractivity contribution in [2.24, 2.45) is 5.92 Å². The zero-order valence-corrected chi connectivity index (χ0v) is 22.6. The van der Waals surface area contributed by atoms with Crippen molar-refractivity contribution >= 4 is 27.3 Å². The number of anilines is 1.